The summed E-state index contributed by atoms with van der Waals surface area (Å²) in [6, 6.07) is 15.1. The maximum Gasteiger partial charge on any atom is 0.317 e. The van der Waals surface area contributed by atoms with Gasteiger partial charge in [0.25, 0.3) is 0 Å². The summed E-state index contributed by atoms with van der Waals surface area (Å²) in [4.78, 5) is 14.4. The van der Waals surface area contributed by atoms with Gasteiger partial charge in [0.05, 0.1) is 10.6 Å². The molecule has 5 nitrogen and oxygen atoms in total. The number of carbonyl (C=O) groups is 1. The molecule has 2 aromatic rings. The SMILES string of the molecule is O=C(NCc1ccc(Cl)cc1)N1CCCC1CS(=O)(=O)c1ccccc1. The van der Waals surface area contributed by atoms with Gasteiger partial charge in [0.1, 0.15) is 0 Å². The van der Waals surface area contributed by atoms with Crippen LogP contribution in [-0.4, -0.2) is 37.7 Å². The fourth-order valence-electron chi connectivity index (χ4n) is 3.14. The summed E-state index contributed by atoms with van der Waals surface area (Å²) < 4.78 is 25.2. The summed E-state index contributed by atoms with van der Waals surface area (Å²) in [7, 11) is -3.42. The number of nitrogens with zero attached hydrogens (tertiary/aromatic N) is 1. The Morgan fingerprint density at radius 1 is 1.12 bits per heavy atom. The van der Waals surface area contributed by atoms with Gasteiger partial charge in [0, 0.05) is 24.2 Å². The van der Waals surface area contributed by atoms with Gasteiger partial charge >= 0.3 is 6.03 Å². The van der Waals surface area contributed by atoms with E-state index in [1.165, 1.54) is 0 Å². The van der Waals surface area contributed by atoms with Crippen molar-refractivity contribution in [1.82, 2.24) is 10.2 Å². The highest BCUT2D eigenvalue weighted by atomic mass is 35.5. The first kappa shape index (κ1) is 18.7. The number of hydrogen-bond donors (Lipinski definition) is 1. The second kappa shape index (κ2) is 8.10. The average Bonchev–Trinajstić information content (AvgIpc) is 3.09. The van der Waals surface area contributed by atoms with Crippen molar-refractivity contribution in [2.75, 3.05) is 12.3 Å². The Balaban J connectivity index is 1.62. The minimum absolute atomic E-state index is 0.0502. The summed E-state index contributed by atoms with van der Waals surface area (Å²) in [6.07, 6.45) is 1.50. The van der Waals surface area contributed by atoms with Crippen LogP contribution in [0.25, 0.3) is 0 Å². The molecule has 1 aliphatic heterocycles. The summed E-state index contributed by atoms with van der Waals surface area (Å²) in [6.45, 7) is 0.950. The second-order valence-electron chi connectivity index (χ2n) is 6.37. The highest BCUT2D eigenvalue weighted by Gasteiger charge is 2.32. The molecular formula is C19H21ClN2O3S. The lowest BCUT2D eigenvalue weighted by Crippen LogP contribution is -2.45. The molecule has 2 aromatic carbocycles. The van der Waals surface area contributed by atoms with Crippen LogP contribution in [0.2, 0.25) is 5.02 Å². The van der Waals surface area contributed by atoms with Crippen LogP contribution in [0.4, 0.5) is 4.79 Å². The van der Waals surface area contributed by atoms with Crippen LogP contribution in [0, 0.1) is 0 Å². The summed E-state index contributed by atoms with van der Waals surface area (Å²) in [5.74, 6) is -0.0502. The average molecular weight is 393 g/mol. The number of benzene rings is 2. The van der Waals surface area contributed by atoms with Gasteiger partial charge in [-0.2, -0.15) is 0 Å². The lowest BCUT2D eigenvalue weighted by Gasteiger charge is -2.25. The Kier molecular flexibility index (Phi) is 5.84. The molecule has 1 fully saturated rings. The van der Waals surface area contributed by atoms with E-state index in [1.807, 2.05) is 12.1 Å². The minimum Gasteiger partial charge on any atom is -0.334 e. The lowest BCUT2D eigenvalue weighted by molar-refractivity contribution is 0.196. The number of likely N-dealkylation sites (tertiary alicyclic amines) is 1. The number of nitrogens with one attached hydrogen (secondary N) is 1. The third kappa shape index (κ3) is 4.56. The molecule has 0 spiro atoms. The van der Waals surface area contributed by atoms with Crippen molar-refractivity contribution in [3.63, 3.8) is 0 Å². The van der Waals surface area contributed by atoms with Crippen LogP contribution >= 0.6 is 11.6 Å². The quantitative estimate of drug-likeness (QED) is 0.846. The number of rotatable bonds is 5. The number of sulfone groups is 1. The number of urea groups is 1. The third-order valence-electron chi connectivity index (χ3n) is 4.51. The van der Waals surface area contributed by atoms with Crippen LogP contribution in [0.5, 0.6) is 0 Å². The molecule has 0 bridgehead atoms. The van der Waals surface area contributed by atoms with Gasteiger partial charge in [-0.15, -0.1) is 0 Å². The Morgan fingerprint density at radius 3 is 2.50 bits per heavy atom. The summed E-state index contributed by atoms with van der Waals surface area (Å²) in [5.41, 5.74) is 0.940. The van der Waals surface area contributed by atoms with Gasteiger partial charge < -0.3 is 10.2 Å². The van der Waals surface area contributed by atoms with Crippen LogP contribution in [-0.2, 0) is 16.4 Å². The Hall–Kier alpha value is -2.05. The van der Waals surface area contributed by atoms with Crippen molar-refractivity contribution in [3.05, 3.63) is 65.2 Å². The van der Waals surface area contributed by atoms with Crippen LogP contribution in [0.1, 0.15) is 18.4 Å². The molecular weight excluding hydrogens is 372 g/mol. The predicted octanol–water partition coefficient (Wildman–Crippen LogP) is 3.49. The zero-order valence-electron chi connectivity index (χ0n) is 14.3. The number of carbonyl (C=O) groups excluding carboxylic acids is 1. The molecule has 138 valence electrons. The van der Waals surface area contributed by atoms with E-state index >= 15 is 0 Å². The maximum absolute atomic E-state index is 12.6. The maximum atomic E-state index is 12.6. The molecule has 1 N–H and O–H groups in total. The molecule has 7 heteroatoms. The second-order valence-corrected chi connectivity index (χ2v) is 8.84. The van der Waals surface area contributed by atoms with Gasteiger partial charge in [-0.3, -0.25) is 0 Å². The van der Waals surface area contributed by atoms with E-state index in [0.29, 0.717) is 29.4 Å². The van der Waals surface area contributed by atoms with E-state index in [-0.39, 0.29) is 17.8 Å². The van der Waals surface area contributed by atoms with Crippen molar-refractivity contribution in [1.29, 1.82) is 0 Å². The predicted molar refractivity (Wildman–Crippen MR) is 102 cm³/mol. The van der Waals surface area contributed by atoms with Gasteiger partial charge in [-0.05, 0) is 42.7 Å². The summed E-state index contributed by atoms with van der Waals surface area (Å²) >= 11 is 5.86. The normalized spacial score (nSPS) is 17.3. The molecule has 0 aromatic heterocycles. The molecule has 1 atom stereocenters. The van der Waals surface area contributed by atoms with Gasteiger partial charge in [-0.1, -0.05) is 41.9 Å². The van der Waals surface area contributed by atoms with E-state index in [1.54, 1.807) is 47.4 Å². The van der Waals surface area contributed by atoms with Crippen molar-refractivity contribution in [2.24, 2.45) is 0 Å². The van der Waals surface area contributed by atoms with E-state index < -0.39 is 9.84 Å². The molecule has 0 saturated carbocycles. The standard InChI is InChI=1S/C19H21ClN2O3S/c20-16-10-8-15(9-11-16)13-21-19(23)22-12-4-5-17(22)14-26(24,25)18-6-2-1-3-7-18/h1-3,6-11,17H,4-5,12-14H2,(H,21,23). The molecule has 0 aliphatic carbocycles. The molecule has 2 amide bonds. The molecule has 0 radical (unpaired) electrons. The zero-order chi connectivity index (χ0) is 18.6. The Labute approximate surface area is 158 Å². The smallest absolute Gasteiger partial charge is 0.317 e. The lowest BCUT2D eigenvalue weighted by atomic mass is 10.2. The van der Waals surface area contributed by atoms with E-state index in [2.05, 4.69) is 5.32 Å². The highest BCUT2D eigenvalue weighted by Crippen LogP contribution is 2.22. The molecule has 1 heterocycles. The molecule has 1 unspecified atom stereocenters. The first-order valence-corrected chi connectivity index (χ1v) is 10.6. The largest absolute Gasteiger partial charge is 0.334 e. The van der Waals surface area contributed by atoms with Crippen molar-refractivity contribution >= 4 is 27.5 Å². The van der Waals surface area contributed by atoms with Gasteiger partial charge in [-0.25, -0.2) is 13.2 Å². The van der Waals surface area contributed by atoms with Crippen molar-refractivity contribution < 1.29 is 13.2 Å². The Bertz CT molecular complexity index is 854. The fraction of sp³-hybridized carbons (Fsp3) is 0.316. The molecule has 1 aliphatic rings. The van der Waals surface area contributed by atoms with E-state index in [0.717, 1.165) is 12.0 Å². The Morgan fingerprint density at radius 2 is 1.81 bits per heavy atom. The minimum atomic E-state index is -3.42. The zero-order valence-corrected chi connectivity index (χ0v) is 15.8. The third-order valence-corrected chi connectivity index (χ3v) is 6.58. The van der Waals surface area contributed by atoms with Gasteiger partial charge in [0.15, 0.2) is 9.84 Å². The topological polar surface area (TPSA) is 66.5 Å². The first-order chi connectivity index (χ1) is 12.5. The van der Waals surface area contributed by atoms with Crippen LogP contribution < -0.4 is 5.32 Å². The van der Waals surface area contributed by atoms with Crippen molar-refractivity contribution in [3.8, 4) is 0 Å². The first-order valence-electron chi connectivity index (χ1n) is 8.52. The fourth-order valence-corrected chi connectivity index (χ4v) is 4.88. The number of halogens is 1. The van der Waals surface area contributed by atoms with Crippen molar-refractivity contribution in [2.45, 2.75) is 30.3 Å². The highest BCUT2D eigenvalue weighted by molar-refractivity contribution is 7.91. The van der Waals surface area contributed by atoms with E-state index in [9.17, 15) is 13.2 Å². The van der Waals surface area contributed by atoms with Crippen LogP contribution in [0.3, 0.4) is 0 Å². The molecule has 3 rings (SSSR count). The van der Waals surface area contributed by atoms with Gasteiger partial charge in [0.2, 0.25) is 0 Å². The number of hydrogen-bond acceptors (Lipinski definition) is 3. The number of amides is 2. The summed E-state index contributed by atoms with van der Waals surface area (Å²) in [5, 5.41) is 3.51. The monoisotopic (exact) mass is 392 g/mol. The molecule has 26 heavy (non-hydrogen) atoms. The molecule has 1 saturated heterocycles. The van der Waals surface area contributed by atoms with E-state index in [4.69, 9.17) is 11.6 Å². The van der Waals surface area contributed by atoms with Crippen LogP contribution in [0.15, 0.2) is 59.5 Å².